The van der Waals surface area contributed by atoms with Gasteiger partial charge in [-0.3, -0.25) is 4.79 Å². The second-order valence-corrected chi connectivity index (χ2v) is 9.21. The number of rotatable bonds is 6. The number of amides is 1. The molecule has 3 atom stereocenters. The third-order valence-corrected chi connectivity index (χ3v) is 7.11. The lowest BCUT2D eigenvalue weighted by Gasteiger charge is -2.34. The average molecular weight is 346 g/mol. The van der Waals surface area contributed by atoms with Crippen molar-refractivity contribution >= 4 is 40.8 Å². The first-order chi connectivity index (χ1) is 10.1. The van der Waals surface area contributed by atoms with Crippen LogP contribution < -0.4 is 5.32 Å². The molecule has 21 heavy (non-hydrogen) atoms. The van der Waals surface area contributed by atoms with Crippen molar-refractivity contribution in [1.29, 1.82) is 0 Å². The van der Waals surface area contributed by atoms with E-state index in [1.54, 1.807) is 23.1 Å². The van der Waals surface area contributed by atoms with E-state index in [9.17, 15) is 4.79 Å². The number of thioether (sulfide) groups is 2. The van der Waals surface area contributed by atoms with E-state index >= 15 is 0 Å². The molecule has 0 radical (unpaired) electrons. The van der Waals surface area contributed by atoms with Crippen LogP contribution in [0, 0.1) is 11.8 Å². The van der Waals surface area contributed by atoms with E-state index in [1.807, 2.05) is 0 Å². The molecule has 1 heterocycles. The number of aromatic nitrogens is 2. The van der Waals surface area contributed by atoms with Crippen molar-refractivity contribution in [2.75, 3.05) is 11.5 Å². The Hall–Kier alpha value is -0.270. The Morgan fingerprint density at radius 3 is 2.71 bits per heavy atom. The Labute approximate surface area is 139 Å². The normalized spacial score (nSPS) is 25.8. The van der Waals surface area contributed by atoms with E-state index in [2.05, 4.69) is 36.3 Å². The standard InChI is InChI=1S/C14H23N3OS3/c1-4-19-13-16-17-14(21-13)20-8-12(18)15-11-7-5-6-9(2)10(11)3/h9-11H,4-8H2,1-3H3,(H,15,18). The van der Waals surface area contributed by atoms with E-state index in [-0.39, 0.29) is 5.91 Å². The van der Waals surface area contributed by atoms with Gasteiger partial charge in [-0.15, -0.1) is 10.2 Å². The van der Waals surface area contributed by atoms with Gasteiger partial charge in [0, 0.05) is 6.04 Å². The molecule has 0 bridgehead atoms. The number of nitrogens with zero attached hydrogens (tertiary/aromatic N) is 2. The molecule has 2 rings (SSSR count). The first kappa shape index (κ1) is 17.1. The summed E-state index contributed by atoms with van der Waals surface area (Å²) < 4.78 is 1.86. The summed E-state index contributed by atoms with van der Waals surface area (Å²) in [7, 11) is 0. The summed E-state index contributed by atoms with van der Waals surface area (Å²) in [6.07, 6.45) is 3.61. The van der Waals surface area contributed by atoms with Gasteiger partial charge >= 0.3 is 0 Å². The number of carbonyl (C=O) groups is 1. The second kappa shape index (κ2) is 8.39. The highest BCUT2D eigenvalue weighted by atomic mass is 32.2. The van der Waals surface area contributed by atoms with Crippen molar-refractivity contribution < 1.29 is 4.79 Å². The molecular weight excluding hydrogens is 322 g/mol. The summed E-state index contributed by atoms with van der Waals surface area (Å²) in [4.78, 5) is 12.1. The number of hydrogen-bond donors (Lipinski definition) is 1. The monoisotopic (exact) mass is 345 g/mol. The average Bonchev–Trinajstić information content (AvgIpc) is 2.90. The van der Waals surface area contributed by atoms with Crippen LogP contribution in [0.3, 0.4) is 0 Å². The van der Waals surface area contributed by atoms with Gasteiger partial charge in [0.15, 0.2) is 8.68 Å². The van der Waals surface area contributed by atoms with Gasteiger partial charge in [-0.2, -0.15) is 0 Å². The van der Waals surface area contributed by atoms with Crippen molar-refractivity contribution in [2.45, 2.75) is 54.8 Å². The summed E-state index contributed by atoms with van der Waals surface area (Å²) in [5.74, 6) is 2.82. The zero-order chi connectivity index (χ0) is 15.2. The minimum absolute atomic E-state index is 0.117. The van der Waals surface area contributed by atoms with Crippen molar-refractivity contribution in [2.24, 2.45) is 11.8 Å². The van der Waals surface area contributed by atoms with Crippen LogP contribution in [0.2, 0.25) is 0 Å². The lowest BCUT2D eigenvalue weighted by Crippen LogP contribution is -2.44. The summed E-state index contributed by atoms with van der Waals surface area (Å²) in [6, 6.07) is 0.336. The fourth-order valence-corrected chi connectivity index (χ4v) is 5.33. The van der Waals surface area contributed by atoms with E-state index in [1.165, 1.54) is 24.6 Å². The highest BCUT2D eigenvalue weighted by Crippen LogP contribution is 2.30. The molecule has 1 aliphatic carbocycles. The predicted octanol–water partition coefficient (Wildman–Crippen LogP) is 3.68. The van der Waals surface area contributed by atoms with E-state index < -0.39 is 0 Å². The Morgan fingerprint density at radius 2 is 2.00 bits per heavy atom. The van der Waals surface area contributed by atoms with Gasteiger partial charge in [-0.1, -0.05) is 68.5 Å². The second-order valence-electron chi connectivity index (χ2n) is 5.50. The molecule has 1 amide bonds. The van der Waals surface area contributed by atoms with Crippen LogP contribution in [-0.2, 0) is 4.79 Å². The van der Waals surface area contributed by atoms with Crippen LogP contribution in [0.15, 0.2) is 8.68 Å². The fraction of sp³-hybridized carbons (Fsp3) is 0.786. The molecule has 0 aliphatic heterocycles. The smallest absolute Gasteiger partial charge is 0.230 e. The predicted molar refractivity (Wildman–Crippen MR) is 91.1 cm³/mol. The molecule has 118 valence electrons. The van der Waals surface area contributed by atoms with Crippen molar-refractivity contribution in [3.63, 3.8) is 0 Å². The van der Waals surface area contributed by atoms with Crippen LogP contribution in [0.4, 0.5) is 0 Å². The van der Waals surface area contributed by atoms with Gasteiger partial charge in [0.1, 0.15) is 0 Å². The van der Waals surface area contributed by atoms with Crippen LogP contribution in [-0.4, -0.2) is 33.7 Å². The van der Waals surface area contributed by atoms with Crippen molar-refractivity contribution in [3.05, 3.63) is 0 Å². The molecule has 1 aliphatic rings. The van der Waals surface area contributed by atoms with Gasteiger partial charge in [0.2, 0.25) is 5.91 Å². The molecule has 1 aromatic rings. The Bertz CT molecular complexity index is 466. The maximum Gasteiger partial charge on any atom is 0.230 e. The first-order valence-electron chi connectivity index (χ1n) is 7.48. The topological polar surface area (TPSA) is 54.9 Å². The summed E-state index contributed by atoms with van der Waals surface area (Å²) in [5, 5.41) is 11.4. The quantitative estimate of drug-likeness (QED) is 0.797. The van der Waals surface area contributed by atoms with Gasteiger partial charge in [-0.25, -0.2) is 0 Å². The maximum atomic E-state index is 12.1. The molecule has 3 unspecified atom stereocenters. The third-order valence-electron chi connectivity index (χ3n) is 4.04. The van der Waals surface area contributed by atoms with Crippen molar-refractivity contribution in [1.82, 2.24) is 15.5 Å². The lowest BCUT2D eigenvalue weighted by atomic mass is 9.78. The van der Waals surface area contributed by atoms with Crippen LogP contribution in [0.1, 0.15) is 40.0 Å². The zero-order valence-electron chi connectivity index (χ0n) is 12.8. The number of nitrogens with one attached hydrogen (secondary N) is 1. The van der Waals surface area contributed by atoms with Gasteiger partial charge < -0.3 is 5.32 Å². The Balaban J connectivity index is 1.76. The van der Waals surface area contributed by atoms with Crippen LogP contribution in [0.25, 0.3) is 0 Å². The molecule has 7 heteroatoms. The Kier molecular flexibility index (Phi) is 6.82. The molecule has 0 spiro atoms. The van der Waals surface area contributed by atoms with Gasteiger partial charge in [-0.05, 0) is 24.0 Å². The van der Waals surface area contributed by atoms with E-state index in [0.29, 0.717) is 23.6 Å². The number of hydrogen-bond acceptors (Lipinski definition) is 6. The first-order valence-corrected chi connectivity index (χ1v) is 10.3. The molecule has 4 nitrogen and oxygen atoms in total. The zero-order valence-corrected chi connectivity index (χ0v) is 15.2. The molecule has 0 saturated heterocycles. The summed E-state index contributed by atoms with van der Waals surface area (Å²) in [5.41, 5.74) is 0. The van der Waals surface area contributed by atoms with E-state index in [0.717, 1.165) is 20.9 Å². The molecule has 1 aromatic heterocycles. The molecular formula is C14H23N3OS3. The molecule has 1 fully saturated rings. The molecule has 1 saturated carbocycles. The SMILES string of the molecule is CCSc1nnc(SCC(=O)NC2CCCC(C)C2C)s1. The lowest BCUT2D eigenvalue weighted by molar-refractivity contribution is -0.119. The summed E-state index contributed by atoms with van der Waals surface area (Å²) >= 11 is 4.75. The van der Waals surface area contributed by atoms with Crippen LogP contribution in [0.5, 0.6) is 0 Å². The van der Waals surface area contributed by atoms with Crippen molar-refractivity contribution in [3.8, 4) is 0 Å². The van der Waals surface area contributed by atoms with E-state index in [4.69, 9.17) is 0 Å². The fourth-order valence-electron chi connectivity index (χ4n) is 2.60. The minimum atomic E-state index is 0.117. The largest absolute Gasteiger partial charge is 0.352 e. The van der Waals surface area contributed by atoms with Gasteiger partial charge in [0.05, 0.1) is 5.75 Å². The van der Waals surface area contributed by atoms with Gasteiger partial charge in [0.25, 0.3) is 0 Å². The molecule has 0 aromatic carbocycles. The Morgan fingerprint density at radius 1 is 1.29 bits per heavy atom. The summed E-state index contributed by atoms with van der Waals surface area (Å²) in [6.45, 7) is 6.63. The third kappa shape index (κ3) is 5.14. The minimum Gasteiger partial charge on any atom is -0.352 e. The molecule has 1 N–H and O–H groups in total. The maximum absolute atomic E-state index is 12.1. The highest BCUT2D eigenvalue weighted by Gasteiger charge is 2.28. The highest BCUT2D eigenvalue weighted by molar-refractivity contribution is 8.03. The number of carbonyl (C=O) groups excluding carboxylic acids is 1. The van der Waals surface area contributed by atoms with Crippen LogP contribution >= 0.6 is 34.9 Å².